The summed E-state index contributed by atoms with van der Waals surface area (Å²) in [6.07, 6.45) is 6.92. The predicted octanol–water partition coefficient (Wildman–Crippen LogP) is 4.07. The van der Waals surface area contributed by atoms with Gasteiger partial charge in [-0.3, -0.25) is 9.59 Å². The Bertz CT molecular complexity index is 656. The quantitative estimate of drug-likeness (QED) is 0.665. The van der Waals surface area contributed by atoms with Crippen molar-refractivity contribution in [2.24, 2.45) is 34.5 Å². The van der Waals surface area contributed by atoms with Crippen LogP contribution in [0.4, 0.5) is 0 Å². The van der Waals surface area contributed by atoms with Crippen molar-refractivity contribution in [1.29, 1.82) is 0 Å². The summed E-state index contributed by atoms with van der Waals surface area (Å²) in [6, 6.07) is 0. The summed E-state index contributed by atoms with van der Waals surface area (Å²) in [5, 5.41) is 11.4. The Kier molecular flexibility index (Phi) is 4.12. The van der Waals surface area contributed by atoms with Crippen LogP contribution in [0.3, 0.4) is 0 Å². The van der Waals surface area contributed by atoms with Crippen molar-refractivity contribution in [1.82, 2.24) is 0 Å². The molecule has 0 aromatic carbocycles. The summed E-state index contributed by atoms with van der Waals surface area (Å²) >= 11 is 3.85. The molecule has 0 unspecified atom stereocenters. The zero-order chi connectivity index (χ0) is 18.1. The first-order chi connectivity index (χ1) is 11.7. The molecule has 0 saturated heterocycles. The number of fused-ring (bicyclic) bond motifs is 5. The highest BCUT2D eigenvalue weighted by Gasteiger charge is 2.66. The first-order valence-corrected chi connectivity index (χ1v) is 10.7. The highest BCUT2D eigenvalue weighted by molar-refractivity contribution is 9.09. The largest absolute Gasteiger partial charge is 0.392 e. The molecule has 3 fully saturated rings. The second-order valence-corrected chi connectivity index (χ2v) is 10.4. The SMILES string of the molecule is CC(=O)[C@H]1CC[C@H]2[C@@H]3CCC4=CC(=O)CC[C@]4(C)[C@H]3[C@H](O)[C@@H](Br)[C@]12C. The van der Waals surface area contributed by atoms with Crippen molar-refractivity contribution in [3.8, 4) is 0 Å². The number of allylic oxidation sites excluding steroid dienone is 1. The van der Waals surface area contributed by atoms with Gasteiger partial charge in [-0.15, -0.1) is 0 Å². The first-order valence-electron chi connectivity index (χ1n) is 9.77. The van der Waals surface area contributed by atoms with Crippen LogP contribution in [0, 0.1) is 34.5 Å². The minimum Gasteiger partial charge on any atom is -0.392 e. The van der Waals surface area contributed by atoms with Crippen molar-refractivity contribution in [3.05, 3.63) is 11.6 Å². The van der Waals surface area contributed by atoms with Crippen molar-refractivity contribution < 1.29 is 14.7 Å². The van der Waals surface area contributed by atoms with Gasteiger partial charge in [0, 0.05) is 17.2 Å². The number of carbonyl (C=O) groups is 2. The molecule has 0 spiro atoms. The Morgan fingerprint density at radius 1 is 1.24 bits per heavy atom. The van der Waals surface area contributed by atoms with E-state index < -0.39 is 6.10 Å². The lowest BCUT2D eigenvalue weighted by atomic mass is 9.46. The standard InChI is InChI=1S/C21H29BrO3/c1-11(23)15-6-7-16-14-5-4-12-10-13(24)8-9-20(12,2)17(14)18(25)19(22)21(15,16)3/h10,14-19,25H,4-9H2,1-3H3/t14-,15+,16-,17+,18-,19+,20-,21+/m0/s1. The van der Waals surface area contributed by atoms with Crippen molar-refractivity contribution >= 4 is 27.5 Å². The van der Waals surface area contributed by atoms with Crippen molar-refractivity contribution in [2.45, 2.75) is 70.2 Å². The third-order valence-corrected chi connectivity index (χ3v) is 10.0. The maximum Gasteiger partial charge on any atom is 0.155 e. The van der Waals surface area contributed by atoms with Crippen LogP contribution < -0.4 is 0 Å². The van der Waals surface area contributed by atoms with E-state index in [1.54, 1.807) is 6.92 Å². The molecule has 3 nitrogen and oxygen atoms in total. The van der Waals surface area contributed by atoms with Crippen LogP contribution in [0.2, 0.25) is 0 Å². The Hall–Kier alpha value is -0.480. The molecule has 138 valence electrons. The lowest BCUT2D eigenvalue weighted by Gasteiger charge is -2.61. The molecule has 25 heavy (non-hydrogen) atoms. The summed E-state index contributed by atoms with van der Waals surface area (Å²) in [5.74, 6) is 1.69. The van der Waals surface area contributed by atoms with Crippen LogP contribution in [-0.2, 0) is 9.59 Å². The average molecular weight is 409 g/mol. The lowest BCUT2D eigenvalue weighted by Crippen LogP contribution is -2.62. The van der Waals surface area contributed by atoms with Crippen LogP contribution in [0.15, 0.2) is 11.6 Å². The highest BCUT2D eigenvalue weighted by atomic mass is 79.9. The number of ketones is 2. The van der Waals surface area contributed by atoms with Crippen molar-refractivity contribution in [2.75, 3.05) is 0 Å². The smallest absolute Gasteiger partial charge is 0.155 e. The van der Waals surface area contributed by atoms with Crippen LogP contribution in [0.25, 0.3) is 0 Å². The molecule has 4 heteroatoms. The lowest BCUT2D eigenvalue weighted by molar-refractivity contribution is -0.140. The van der Waals surface area contributed by atoms with E-state index in [4.69, 9.17) is 0 Å². The Morgan fingerprint density at radius 2 is 1.96 bits per heavy atom. The molecule has 0 aromatic rings. The van der Waals surface area contributed by atoms with Gasteiger partial charge in [0.15, 0.2) is 5.78 Å². The number of hydrogen-bond acceptors (Lipinski definition) is 3. The second-order valence-electron chi connectivity index (χ2n) is 9.39. The van der Waals surface area contributed by atoms with Crippen LogP contribution in [-0.4, -0.2) is 27.6 Å². The van der Waals surface area contributed by atoms with Gasteiger partial charge in [0.25, 0.3) is 0 Å². The maximum atomic E-state index is 12.3. The van der Waals surface area contributed by atoms with E-state index in [9.17, 15) is 14.7 Å². The van der Waals surface area contributed by atoms with Crippen LogP contribution in [0.1, 0.15) is 59.3 Å². The van der Waals surface area contributed by atoms with Gasteiger partial charge in [0.1, 0.15) is 5.78 Å². The normalized spacial score (nSPS) is 52.0. The fourth-order valence-corrected chi connectivity index (χ4v) is 8.25. The summed E-state index contributed by atoms with van der Waals surface area (Å²) in [6.45, 7) is 6.21. The second kappa shape index (κ2) is 5.76. The van der Waals surface area contributed by atoms with Gasteiger partial charge >= 0.3 is 0 Å². The number of Topliss-reactive ketones (excluding diaryl/α,β-unsaturated/α-hetero) is 1. The van der Waals surface area contributed by atoms with E-state index in [0.29, 0.717) is 18.3 Å². The third kappa shape index (κ3) is 2.25. The molecule has 3 saturated carbocycles. The van der Waals surface area contributed by atoms with Gasteiger partial charge in [0.2, 0.25) is 0 Å². The van der Waals surface area contributed by atoms with Gasteiger partial charge in [-0.05, 0) is 73.7 Å². The highest BCUT2D eigenvalue weighted by Crippen LogP contribution is 2.67. The molecule has 0 radical (unpaired) electrons. The number of rotatable bonds is 1. The number of alkyl halides is 1. The molecule has 8 atom stereocenters. The molecule has 0 heterocycles. The fourth-order valence-electron chi connectivity index (χ4n) is 7.26. The van der Waals surface area contributed by atoms with E-state index in [1.807, 2.05) is 6.08 Å². The monoisotopic (exact) mass is 408 g/mol. The Balaban J connectivity index is 1.77. The predicted molar refractivity (Wildman–Crippen MR) is 100 cm³/mol. The van der Waals surface area contributed by atoms with Gasteiger partial charge in [-0.25, -0.2) is 0 Å². The van der Waals surface area contributed by atoms with E-state index in [0.717, 1.165) is 32.1 Å². The number of aliphatic hydroxyl groups excluding tert-OH is 1. The van der Waals surface area contributed by atoms with Gasteiger partial charge in [-0.1, -0.05) is 35.4 Å². The van der Waals surface area contributed by atoms with Crippen molar-refractivity contribution in [3.63, 3.8) is 0 Å². The van der Waals surface area contributed by atoms with E-state index in [-0.39, 0.29) is 39.1 Å². The first kappa shape index (κ1) is 17.9. The summed E-state index contributed by atoms with van der Waals surface area (Å²) in [4.78, 5) is 24.2. The minimum absolute atomic E-state index is 0.0511. The molecule has 1 N–H and O–H groups in total. The third-order valence-electron chi connectivity index (χ3n) is 8.49. The molecule has 4 aliphatic rings. The molecule has 4 aliphatic carbocycles. The minimum atomic E-state index is -0.465. The Morgan fingerprint density at radius 3 is 2.64 bits per heavy atom. The summed E-state index contributed by atoms with van der Waals surface area (Å²) < 4.78 is 0. The van der Waals surface area contributed by atoms with Gasteiger partial charge in [0.05, 0.1) is 6.10 Å². The molecule has 0 amide bonds. The molecular weight excluding hydrogens is 380 g/mol. The average Bonchev–Trinajstić information content (AvgIpc) is 2.91. The van der Waals surface area contributed by atoms with Gasteiger partial charge in [-0.2, -0.15) is 0 Å². The van der Waals surface area contributed by atoms with Crippen LogP contribution >= 0.6 is 15.9 Å². The van der Waals surface area contributed by atoms with E-state index >= 15 is 0 Å². The number of hydrogen-bond donors (Lipinski definition) is 1. The van der Waals surface area contributed by atoms with E-state index in [1.165, 1.54) is 5.57 Å². The molecule has 4 rings (SSSR count). The van der Waals surface area contributed by atoms with E-state index in [2.05, 4.69) is 29.8 Å². The summed E-state index contributed by atoms with van der Waals surface area (Å²) in [5.41, 5.74) is 1.03. The zero-order valence-electron chi connectivity index (χ0n) is 15.4. The number of aliphatic hydroxyl groups is 1. The van der Waals surface area contributed by atoms with Crippen LogP contribution in [0.5, 0.6) is 0 Å². The topological polar surface area (TPSA) is 54.4 Å². The Labute approximate surface area is 158 Å². The maximum absolute atomic E-state index is 12.3. The molecular formula is C21H29BrO3. The fraction of sp³-hybridized carbons (Fsp3) is 0.810. The molecule has 0 bridgehead atoms. The zero-order valence-corrected chi connectivity index (χ0v) is 17.0. The molecule has 0 aromatic heterocycles. The number of carbonyl (C=O) groups excluding carboxylic acids is 2. The number of halogens is 1. The van der Waals surface area contributed by atoms with Gasteiger partial charge < -0.3 is 5.11 Å². The molecule has 0 aliphatic heterocycles. The summed E-state index contributed by atoms with van der Waals surface area (Å²) in [7, 11) is 0.